The molecule has 1 aromatic heterocycles. The third kappa shape index (κ3) is 3.08. The van der Waals surface area contributed by atoms with Crippen LogP contribution in [0.1, 0.15) is 30.0 Å². The minimum atomic E-state index is -0.0660. The van der Waals surface area contributed by atoms with Gasteiger partial charge in [-0.15, -0.1) is 0 Å². The summed E-state index contributed by atoms with van der Waals surface area (Å²) in [6.45, 7) is 1.98. The summed E-state index contributed by atoms with van der Waals surface area (Å²) in [6.07, 6.45) is 3.99. The molecule has 5 heteroatoms. The van der Waals surface area contributed by atoms with Gasteiger partial charge in [0.05, 0.1) is 11.1 Å². The number of pyridine rings is 1. The topological polar surface area (TPSA) is 36.4 Å². The van der Waals surface area contributed by atoms with Gasteiger partial charge in [-0.2, -0.15) is 0 Å². The van der Waals surface area contributed by atoms with Crippen LogP contribution in [0.2, 0.25) is 10.0 Å². The summed E-state index contributed by atoms with van der Waals surface area (Å²) in [5.74, 6) is 0.201. The number of phenolic OH excluding ortho intramolecular Hbond substituents is 1. The quantitative estimate of drug-likeness (QED) is 0.665. The fourth-order valence-corrected chi connectivity index (χ4v) is 4.04. The Morgan fingerprint density at radius 1 is 1.04 bits per heavy atom. The van der Waals surface area contributed by atoms with E-state index in [4.69, 9.17) is 23.2 Å². The number of benzene rings is 2. The summed E-state index contributed by atoms with van der Waals surface area (Å²) >= 11 is 12.6. The summed E-state index contributed by atoms with van der Waals surface area (Å²) in [6, 6.07) is 13.3. The minimum Gasteiger partial charge on any atom is -0.505 e. The van der Waals surface area contributed by atoms with Crippen molar-refractivity contribution in [3.8, 4) is 5.75 Å². The van der Waals surface area contributed by atoms with Gasteiger partial charge in [-0.05, 0) is 61.8 Å². The van der Waals surface area contributed by atoms with Crippen LogP contribution in [-0.4, -0.2) is 28.1 Å². The summed E-state index contributed by atoms with van der Waals surface area (Å²) in [5.41, 5.74) is 2.43. The number of nitrogens with zero attached hydrogens (tertiary/aromatic N) is 2. The Kier molecular flexibility index (Phi) is 4.55. The van der Waals surface area contributed by atoms with Crippen molar-refractivity contribution in [1.82, 2.24) is 9.88 Å². The number of rotatable bonds is 3. The van der Waals surface area contributed by atoms with Crippen molar-refractivity contribution in [2.45, 2.75) is 18.9 Å². The molecule has 3 aromatic rings. The van der Waals surface area contributed by atoms with Crippen LogP contribution >= 0.6 is 23.2 Å². The van der Waals surface area contributed by atoms with E-state index in [0.717, 1.165) is 42.4 Å². The van der Waals surface area contributed by atoms with Gasteiger partial charge in [0.15, 0.2) is 0 Å². The summed E-state index contributed by atoms with van der Waals surface area (Å²) in [7, 11) is 0. The van der Waals surface area contributed by atoms with E-state index in [0.29, 0.717) is 15.6 Å². The smallest absolute Gasteiger partial charge is 0.147 e. The molecule has 3 nitrogen and oxygen atoms in total. The number of likely N-dealkylation sites (tertiary alicyclic amines) is 1. The molecule has 1 aliphatic heterocycles. The molecule has 1 aliphatic rings. The normalized spacial score (nSPS) is 16.4. The lowest BCUT2D eigenvalue weighted by molar-refractivity contribution is 0.275. The zero-order valence-electron chi connectivity index (χ0n) is 13.6. The molecule has 0 saturated carbocycles. The number of aromatic hydroxyl groups is 1. The molecule has 0 unspecified atom stereocenters. The zero-order chi connectivity index (χ0) is 17.4. The second-order valence-corrected chi connectivity index (χ2v) is 7.24. The number of hydrogen-bond donors (Lipinski definition) is 1. The average molecular weight is 373 g/mol. The Bertz CT molecular complexity index is 905. The predicted molar refractivity (Wildman–Crippen MR) is 103 cm³/mol. The molecule has 1 atom stereocenters. The van der Waals surface area contributed by atoms with Crippen molar-refractivity contribution in [3.63, 3.8) is 0 Å². The van der Waals surface area contributed by atoms with Gasteiger partial charge in [-0.25, -0.2) is 0 Å². The molecule has 128 valence electrons. The van der Waals surface area contributed by atoms with E-state index in [2.05, 4.69) is 9.88 Å². The molecule has 2 aromatic carbocycles. The molecular formula is C20H18Cl2N2O. The van der Waals surface area contributed by atoms with Gasteiger partial charge in [0.2, 0.25) is 0 Å². The number of phenols is 1. The molecule has 1 saturated heterocycles. The second-order valence-electron chi connectivity index (χ2n) is 6.39. The lowest BCUT2D eigenvalue weighted by Crippen LogP contribution is -2.26. The lowest BCUT2D eigenvalue weighted by Gasteiger charge is -2.29. The second kappa shape index (κ2) is 6.83. The zero-order valence-corrected chi connectivity index (χ0v) is 15.1. The largest absolute Gasteiger partial charge is 0.505 e. The predicted octanol–water partition coefficient (Wildman–Crippen LogP) is 5.43. The molecule has 1 N–H and O–H groups in total. The van der Waals surface area contributed by atoms with Crippen molar-refractivity contribution in [1.29, 1.82) is 0 Å². The molecule has 25 heavy (non-hydrogen) atoms. The summed E-state index contributed by atoms with van der Waals surface area (Å²) < 4.78 is 0. The monoisotopic (exact) mass is 372 g/mol. The van der Waals surface area contributed by atoms with Gasteiger partial charge in [-0.3, -0.25) is 9.88 Å². The van der Waals surface area contributed by atoms with Crippen LogP contribution < -0.4 is 0 Å². The maximum Gasteiger partial charge on any atom is 0.147 e. The Hall–Kier alpha value is -1.81. The van der Waals surface area contributed by atoms with Crippen LogP contribution in [0.4, 0.5) is 0 Å². The first-order chi connectivity index (χ1) is 12.1. The van der Waals surface area contributed by atoms with Crippen LogP contribution in [0.3, 0.4) is 0 Å². The molecular weight excluding hydrogens is 355 g/mol. The number of hydrogen-bond acceptors (Lipinski definition) is 3. The molecule has 2 heterocycles. The number of fused-ring (bicyclic) bond motifs is 1. The van der Waals surface area contributed by atoms with Crippen molar-refractivity contribution < 1.29 is 5.11 Å². The van der Waals surface area contributed by atoms with Gasteiger partial charge in [-0.1, -0.05) is 35.3 Å². The Morgan fingerprint density at radius 2 is 1.76 bits per heavy atom. The Labute approximate surface area is 156 Å². The fraction of sp³-hybridized carbons (Fsp3) is 0.250. The van der Waals surface area contributed by atoms with Crippen LogP contribution in [0, 0.1) is 0 Å². The third-order valence-electron chi connectivity index (χ3n) is 4.83. The highest BCUT2D eigenvalue weighted by Crippen LogP contribution is 2.41. The van der Waals surface area contributed by atoms with Gasteiger partial charge >= 0.3 is 0 Å². The van der Waals surface area contributed by atoms with E-state index in [1.807, 2.05) is 42.5 Å². The van der Waals surface area contributed by atoms with Gasteiger partial charge < -0.3 is 5.11 Å². The fourth-order valence-electron chi connectivity index (χ4n) is 3.65. The summed E-state index contributed by atoms with van der Waals surface area (Å²) in [5, 5.41) is 13.0. The highest BCUT2D eigenvalue weighted by molar-refractivity contribution is 6.35. The SMILES string of the molecule is Oc1c([C@H](c2ccc(Cl)cc2)N2CCCC2)cc(Cl)c2cccnc12. The number of aromatic nitrogens is 1. The molecule has 0 bridgehead atoms. The summed E-state index contributed by atoms with van der Waals surface area (Å²) in [4.78, 5) is 6.72. The van der Waals surface area contributed by atoms with E-state index in [1.54, 1.807) is 6.20 Å². The van der Waals surface area contributed by atoms with Crippen molar-refractivity contribution in [3.05, 3.63) is 69.8 Å². The molecule has 0 radical (unpaired) electrons. The Balaban J connectivity index is 1.91. The molecule has 0 aliphatic carbocycles. The van der Waals surface area contributed by atoms with Crippen molar-refractivity contribution in [2.24, 2.45) is 0 Å². The van der Waals surface area contributed by atoms with E-state index in [1.165, 1.54) is 0 Å². The highest BCUT2D eigenvalue weighted by Gasteiger charge is 2.28. The average Bonchev–Trinajstić information content (AvgIpc) is 3.15. The van der Waals surface area contributed by atoms with E-state index < -0.39 is 0 Å². The van der Waals surface area contributed by atoms with E-state index in [-0.39, 0.29) is 11.8 Å². The van der Waals surface area contributed by atoms with Crippen LogP contribution in [-0.2, 0) is 0 Å². The van der Waals surface area contributed by atoms with Crippen molar-refractivity contribution >= 4 is 34.1 Å². The van der Waals surface area contributed by atoms with Crippen molar-refractivity contribution in [2.75, 3.05) is 13.1 Å². The van der Waals surface area contributed by atoms with E-state index >= 15 is 0 Å². The maximum atomic E-state index is 10.9. The molecule has 0 amide bonds. The first-order valence-corrected chi connectivity index (χ1v) is 9.16. The lowest BCUT2D eigenvalue weighted by atomic mass is 9.95. The highest BCUT2D eigenvalue weighted by atomic mass is 35.5. The van der Waals surface area contributed by atoms with Crippen LogP contribution in [0.5, 0.6) is 5.75 Å². The Morgan fingerprint density at radius 3 is 2.48 bits per heavy atom. The first kappa shape index (κ1) is 16.6. The van der Waals surface area contributed by atoms with Gasteiger partial charge in [0.25, 0.3) is 0 Å². The van der Waals surface area contributed by atoms with E-state index in [9.17, 15) is 5.11 Å². The maximum absolute atomic E-state index is 10.9. The standard InChI is InChI=1S/C20H18Cl2N2O/c21-14-7-5-13(6-8-14)19(24-10-1-2-11-24)16-12-17(22)15-4-3-9-23-18(15)20(16)25/h3-9,12,19,25H,1-2,10-11H2/t19-/m0/s1. The van der Waals surface area contributed by atoms with Gasteiger partial charge in [0.1, 0.15) is 11.3 Å². The van der Waals surface area contributed by atoms with Crippen LogP contribution in [0.15, 0.2) is 48.7 Å². The molecule has 1 fully saturated rings. The van der Waals surface area contributed by atoms with Gasteiger partial charge in [0, 0.05) is 22.2 Å². The molecule has 4 rings (SSSR count). The molecule has 0 spiro atoms. The number of halogens is 2. The minimum absolute atomic E-state index is 0.0660. The third-order valence-corrected chi connectivity index (χ3v) is 5.40. The first-order valence-electron chi connectivity index (χ1n) is 8.41. The van der Waals surface area contributed by atoms with Crippen LogP contribution in [0.25, 0.3) is 10.9 Å².